The Morgan fingerprint density at radius 3 is 2.83 bits per heavy atom. The number of likely N-dealkylation sites (tertiary alicyclic amines) is 1. The molecule has 1 saturated carbocycles. The number of halogens is 2. The van der Waals surface area contributed by atoms with Crippen LogP contribution < -0.4 is 10.1 Å². The zero-order valence-electron chi connectivity index (χ0n) is 12.5. The number of hydrogen-bond acceptors (Lipinski definition) is 4. The average molecular weight is 344 g/mol. The van der Waals surface area contributed by atoms with Crippen LogP contribution in [0.5, 0.6) is 5.75 Å². The van der Waals surface area contributed by atoms with E-state index in [0.29, 0.717) is 13.1 Å². The molecular weight excluding hydrogens is 326 g/mol. The minimum absolute atomic E-state index is 0.0137. The quantitative estimate of drug-likeness (QED) is 0.893. The Hall–Kier alpha value is -1.70. The zero-order chi connectivity index (χ0) is 16.4. The van der Waals surface area contributed by atoms with Gasteiger partial charge in [-0.15, -0.1) is 11.3 Å². The Bertz CT molecular complexity index is 589. The predicted octanol–water partition coefficient (Wildman–Crippen LogP) is 2.48. The van der Waals surface area contributed by atoms with E-state index < -0.39 is 6.61 Å². The lowest BCUT2D eigenvalue weighted by molar-refractivity contribution is -0.126. The number of nitrogens with zero attached hydrogens (tertiary/aromatic N) is 1. The summed E-state index contributed by atoms with van der Waals surface area (Å²) in [5, 5.41) is 4.50. The minimum atomic E-state index is -2.96. The molecule has 2 fully saturated rings. The maximum atomic E-state index is 12.5. The summed E-state index contributed by atoms with van der Waals surface area (Å²) in [5.74, 6) is -0.688. The van der Waals surface area contributed by atoms with Crippen molar-refractivity contribution in [2.75, 3.05) is 13.1 Å². The normalized spacial score (nSPS) is 21.3. The van der Waals surface area contributed by atoms with Gasteiger partial charge < -0.3 is 15.0 Å². The average Bonchev–Trinajstić information content (AvgIpc) is 3.23. The van der Waals surface area contributed by atoms with E-state index in [0.717, 1.165) is 37.0 Å². The molecule has 126 valence electrons. The Morgan fingerprint density at radius 2 is 2.13 bits per heavy atom. The minimum Gasteiger partial charge on any atom is -0.433 e. The number of piperidine rings is 1. The largest absolute Gasteiger partial charge is 0.433 e. The number of thiophene rings is 1. The first-order valence-electron chi connectivity index (χ1n) is 7.66. The van der Waals surface area contributed by atoms with Crippen LogP contribution in [0.1, 0.15) is 35.4 Å². The molecule has 0 spiro atoms. The standard InChI is InChI=1S/C15H18F2N2O3S/c16-15(17)22-11-5-7-23-12(11)14(21)19-6-1-2-9(8-19)13(20)18-10-3-4-10/h5,7,9-10,15H,1-4,6,8H2,(H,18,20)/t9-/m0/s1. The lowest BCUT2D eigenvalue weighted by atomic mass is 9.97. The number of nitrogens with one attached hydrogen (secondary N) is 1. The molecule has 1 aromatic rings. The van der Waals surface area contributed by atoms with E-state index in [1.807, 2.05) is 0 Å². The molecule has 1 N–H and O–H groups in total. The second kappa shape index (κ2) is 6.82. The summed E-state index contributed by atoms with van der Waals surface area (Å²) in [5.41, 5.74) is 0. The maximum absolute atomic E-state index is 12.5. The molecule has 0 bridgehead atoms. The van der Waals surface area contributed by atoms with Crippen LogP contribution in [0.15, 0.2) is 11.4 Å². The number of amides is 2. The highest BCUT2D eigenvalue weighted by Gasteiger charge is 2.33. The van der Waals surface area contributed by atoms with Gasteiger partial charge in [0.1, 0.15) is 10.6 Å². The molecular formula is C15H18F2N2O3S. The van der Waals surface area contributed by atoms with Crippen molar-refractivity contribution in [1.29, 1.82) is 0 Å². The van der Waals surface area contributed by atoms with Gasteiger partial charge in [0.15, 0.2) is 0 Å². The van der Waals surface area contributed by atoms with Gasteiger partial charge in [-0.2, -0.15) is 8.78 Å². The Morgan fingerprint density at radius 1 is 1.35 bits per heavy atom. The Balaban J connectivity index is 1.64. The van der Waals surface area contributed by atoms with Gasteiger partial charge in [-0.05, 0) is 37.1 Å². The van der Waals surface area contributed by atoms with Crippen molar-refractivity contribution in [3.63, 3.8) is 0 Å². The van der Waals surface area contributed by atoms with Crippen LogP contribution in [0.25, 0.3) is 0 Å². The van der Waals surface area contributed by atoms with E-state index in [1.54, 1.807) is 10.3 Å². The molecule has 1 aliphatic heterocycles. The van der Waals surface area contributed by atoms with Crippen molar-refractivity contribution in [2.24, 2.45) is 5.92 Å². The van der Waals surface area contributed by atoms with Gasteiger partial charge in [-0.1, -0.05) is 0 Å². The number of ether oxygens (including phenoxy) is 1. The molecule has 0 aromatic carbocycles. The van der Waals surface area contributed by atoms with Crippen LogP contribution in [0.2, 0.25) is 0 Å². The number of carbonyl (C=O) groups is 2. The first-order chi connectivity index (χ1) is 11.0. The van der Waals surface area contributed by atoms with E-state index in [2.05, 4.69) is 10.1 Å². The highest BCUT2D eigenvalue weighted by molar-refractivity contribution is 7.12. The van der Waals surface area contributed by atoms with Crippen molar-refractivity contribution in [2.45, 2.75) is 38.3 Å². The van der Waals surface area contributed by atoms with Crippen LogP contribution in [0.3, 0.4) is 0 Å². The summed E-state index contributed by atoms with van der Waals surface area (Å²) in [6.07, 6.45) is 3.51. The molecule has 0 unspecified atom stereocenters. The van der Waals surface area contributed by atoms with Gasteiger partial charge >= 0.3 is 6.61 Å². The van der Waals surface area contributed by atoms with E-state index in [-0.39, 0.29) is 34.4 Å². The van der Waals surface area contributed by atoms with E-state index in [1.165, 1.54) is 6.07 Å². The predicted molar refractivity (Wildman–Crippen MR) is 80.7 cm³/mol. The van der Waals surface area contributed by atoms with Crippen molar-refractivity contribution >= 4 is 23.2 Å². The summed E-state index contributed by atoms with van der Waals surface area (Å²) >= 11 is 1.07. The third kappa shape index (κ3) is 3.99. The third-order valence-electron chi connectivity index (χ3n) is 4.04. The molecule has 0 radical (unpaired) electrons. The van der Waals surface area contributed by atoms with Gasteiger partial charge in [0.2, 0.25) is 5.91 Å². The van der Waals surface area contributed by atoms with Crippen LogP contribution in [-0.4, -0.2) is 42.5 Å². The summed E-state index contributed by atoms with van der Waals surface area (Å²) in [6, 6.07) is 1.66. The molecule has 23 heavy (non-hydrogen) atoms. The third-order valence-corrected chi connectivity index (χ3v) is 4.93. The first kappa shape index (κ1) is 16.2. The fourth-order valence-corrected chi connectivity index (χ4v) is 3.50. The van der Waals surface area contributed by atoms with Gasteiger partial charge in [0.05, 0.1) is 5.92 Å². The van der Waals surface area contributed by atoms with Crippen LogP contribution >= 0.6 is 11.3 Å². The smallest absolute Gasteiger partial charge is 0.387 e. The van der Waals surface area contributed by atoms with Gasteiger partial charge in [0.25, 0.3) is 5.91 Å². The van der Waals surface area contributed by atoms with Gasteiger partial charge in [-0.3, -0.25) is 9.59 Å². The number of alkyl halides is 2. The van der Waals surface area contributed by atoms with Crippen LogP contribution in [-0.2, 0) is 4.79 Å². The topological polar surface area (TPSA) is 58.6 Å². The second-order valence-electron chi connectivity index (χ2n) is 5.87. The van der Waals surface area contributed by atoms with Gasteiger partial charge in [0, 0.05) is 19.1 Å². The Labute approximate surface area is 136 Å². The summed E-state index contributed by atoms with van der Waals surface area (Å²) in [4.78, 5) is 26.4. The van der Waals surface area contributed by atoms with Crippen LogP contribution in [0, 0.1) is 5.92 Å². The maximum Gasteiger partial charge on any atom is 0.387 e. The summed E-state index contributed by atoms with van der Waals surface area (Å²) in [6.45, 7) is -2.11. The highest BCUT2D eigenvalue weighted by Crippen LogP contribution is 2.30. The molecule has 2 aliphatic rings. The summed E-state index contributed by atoms with van der Waals surface area (Å²) in [7, 11) is 0. The summed E-state index contributed by atoms with van der Waals surface area (Å²) < 4.78 is 29.1. The fourth-order valence-electron chi connectivity index (χ4n) is 2.71. The fraction of sp³-hybridized carbons (Fsp3) is 0.600. The molecule has 8 heteroatoms. The number of carbonyl (C=O) groups excluding carboxylic acids is 2. The molecule has 1 atom stereocenters. The molecule has 2 amide bonds. The molecule has 3 rings (SSSR count). The molecule has 2 heterocycles. The van der Waals surface area contributed by atoms with Crippen molar-refractivity contribution in [3.05, 3.63) is 16.3 Å². The highest BCUT2D eigenvalue weighted by atomic mass is 32.1. The Kier molecular flexibility index (Phi) is 4.79. The van der Waals surface area contributed by atoms with E-state index in [4.69, 9.17) is 0 Å². The van der Waals surface area contributed by atoms with E-state index >= 15 is 0 Å². The molecule has 5 nitrogen and oxygen atoms in total. The monoisotopic (exact) mass is 344 g/mol. The van der Waals surface area contributed by atoms with Crippen LogP contribution in [0.4, 0.5) is 8.78 Å². The number of hydrogen-bond donors (Lipinski definition) is 1. The lowest BCUT2D eigenvalue weighted by Gasteiger charge is -2.32. The van der Waals surface area contributed by atoms with E-state index in [9.17, 15) is 18.4 Å². The molecule has 1 aromatic heterocycles. The first-order valence-corrected chi connectivity index (χ1v) is 8.54. The molecule has 1 aliphatic carbocycles. The second-order valence-corrected chi connectivity index (χ2v) is 6.78. The number of rotatable bonds is 5. The zero-order valence-corrected chi connectivity index (χ0v) is 13.3. The van der Waals surface area contributed by atoms with Crippen molar-refractivity contribution in [1.82, 2.24) is 10.2 Å². The van der Waals surface area contributed by atoms with Crippen molar-refractivity contribution < 1.29 is 23.1 Å². The SMILES string of the molecule is O=C(NC1CC1)[C@H]1CCCN(C(=O)c2sccc2OC(F)F)C1. The lowest BCUT2D eigenvalue weighted by Crippen LogP contribution is -2.45. The molecule has 1 saturated heterocycles. The van der Waals surface area contributed by atoms with Gasteiger partial charge in [-0.25, -0.2) is 0 Å². The van der Waals surface area contributed by atoms with Crippen molar-refractivity contribution in [3.8, 4) is 5.75 Å².